The Labute approximate surface area is 207 Å². The van der Waals surface area contributed by atoms with Crippen LogP contribution in [0, 0.1) is 23.5 Å². The number of aromatic nitrogens is 1. The molecule has 2 amide bonds. The number of carbonyl (C=O) groups excluding carboxylic acids is 2. The van der Waals surface area contributed by atoms with Crippen LogP contribution in [-0.4, -0.2) is 45.0 Å². The number of aliphatic hydroxyl groups excluding tert-OH is 1. The van der Waals surface area contributed by atoms with E-state index in [4.69, 9.17) is 0 Å². The van der Waals surface area contributed by atoms with Crippen LogP contribution in [0.5, 0.6) is 0 Å². The molecule has 2 aliphatic carbocycles. The monoisotopic (exact) mass is 527 g/mol. The Hall–Kier alpha value is -3.15. The average molecular weight is 527 g/mol. The lowest BCUT2D eigenvalue weighted by Crippen LogP contribution is -2.51. The third-order valence-electron chi connectivity index (χ3n) is 7.49. The van der Waals surface area contributed by atoms with Gasteiger partial charge < -0.3 is 15.3 Å². The Morgan fingerprint density at radius 3 is 2.49 bits per heavy atom. The first-order chi connectivity index (χ1) is 17.5. The maximum Gasteiger partial charge on any atom is 0.419 e. The van der Waals surface area contributed by atoms with E-state index in [9.17, 15) is 41.0 Å². The van der Waals surface area contributed by atoms with Gasteiger partial charge in [-0.15, -0.1) is 0 Å². The van der Waals surface area contributed by atoms with Gasteiger partial charge in [-0.25, -0.2) is 13.2 Å². The summed E-state index contributed by atoms with van der Waals surface area (Å²) in [4.78, 5) is 31.8. The minimum atomic E-state index is -5.10. The lowest BCUT2D eigenvalue weighted by atomic mass is 9.74. The number of nitrogens with zero attached hydrogens (tertiary/aromatic N) is 2. The van der Waals surface area contributed by atoms with Crippen LogP contribution in [0.1, 0.15) is 58.9 Å². The molecule has 0 radical (unpaired) electrons. The van der Waals surface area contributed by atoms with Gasteiger partial charge in [0, 0.05) is 23.4 Å². The van der Waals surface area contributed by atoms with Crippen LogP contribution in [0.3, 0.4) is 0 Å². The number of pyridine rings is 1. The minimum absolute atomic E-state index is 0.0572. The Kier molecular flexibility index (Phi) is 6.41. The number of piperidine rings is 1. The van der Waals surface area contributed by atoms with E-state index in [-0.39, 0.29) is 42.1 Å². The maximum absolute atomic E-state index is 14.8. The molecule has 5 rings (SSSR count). The number of rotatable bonds is 6. The lowest BCUT2D eigenvalue weighted by molar-refractivity contribution is -0.140. The Bertz CT molecular complexity index is 1230. The summed E-state index contributed by atoms with van der Waals surface area (Å²) >= 11 is 0. The first-order valence-corrected chi connectivity index (χ1v) is 11.9. The molecular weight excluding hydrogens is 504 g/mol. The number of fused-ring (bicyclic) bond motifs is 1. The molecule has 2 saturated carbocycles. The normalized spacial score (nSPS) is 27.3. The van der Waals surface area contributed by atoms with Crippen LogP contribution >= 0.6 is 0 Å². The summed E-state index contributed by atoms with van der Waals surface area (Å²) in [6.07, 6.45) is -3.27. The number of aliphatic hydroxyl groups is 1. The number of benzene rings is 1. The van der Waals surface area contributed by atoms with Crippen molar-refractivity contribution in [2.75, 3.05) is 0 Å². The summed E-state index contributed by atoms with van der Waals surface area (Å²) in [5.41, 5.74) is -2.01. The van der Waals surface area contributed by atoms with Gasteiger partial charge in [0.2, 0.25) is 5.91 Å². The quantitative estimate of drug-likeness (QED) is 0.555. The second-order valence-electron chi connectivity index (χ2n) is 9.92. The highest BCUT2D eigenvalue weighted by Crippen LogP contribution is 2.49. The SMILES string of the molecule is O=C(N[C@@H](c1cc(F)c(C(F)(F)F)cc1F)[C@H]1C[C@H](O)C1)[C@H]1C[C@H]2C[C@H]2N1C(=O)c1ccnc(CF)c1. The van der Waals surface area contributed by atoms with Crippen molar-refractivity contribution in [1.82, 2.24) is 15.2 Å². The van der Waals surface area contributed by atoms with E-state index in [1.807, 2.05) is 0 Å². The fourth-order valence-corrected chi connectivity index (χ4v) is 5.43. The van der Waals surface area contributed by atoms with Gasteiger partial charge in [0.05, 0.1) is 23.4 Å². The van der Waals surface area contributed by atoms with Crippen LogP contribution in [0.15, 0.2) is 30.5 Å². The van der Waals surface area contributed by atoms with Gasteiger partial charge in [0.15, 0.2) is 0 Å². The fraction of sp³-hybridized carbons (Fsp3) is 0.480. The molecule has 0 spiro atoms. The van der Waals surface area contributed by atoms with Crippen LogP contribution in [0.25, 0.3) is 0 Å². The zero-order valence-electron chi connectivity index (χ0n) is 19.3. The molecule has 3 aliphatic rings. The molecular formula is C25H23F6N3O3. The summed E-state index contributed by atoms with van der Waals surface area (Å²) in [6, 6.07) is 0.837. The number of halogens is 6. The van der Waals surface area contributed by atoms with E-state index in [2.05, 4.69) is 10.3 Å². The third kappa shape index (κ3) is 4.78. The molecule has 2 aromatic rings. The first-order valence-electron chi connectivity index (χ1n) is 11.9. The zero-order chi connectivity index (χ0) is 26.6. The second kappa shape index (κ2) is 9.30. The molecule has 12 heteroatoms. The Morgan fingerprint density at radius 1 is 1.11 bits per heavy atom. The highest BCUT2D eigenvalue weighted by Gasteiger charge is 2.56. The molecule has 6 nitrogen and oxygen atoms in total. The Balaban J connectivity index is 1.41. The van der Waals surface area contributed by atoms with Gasteiger partial charge in [0.1, 0.15) is 24.4 Å². The van der Waals surface area contributed by atoms with E-state index in [1.54, 1.807) is 0 Å². The van der Waals surface area contributed by atoms with Gasteiger partial charge in [-0.3, -0.25) is 14.6 Å². The molecule has 3 fully saturated rings. The molecule has 2 heterocycles. The standard InChI is InChI=1S/C25H23F6N3O3/c26-10-14-3-11(1-2-32-14)24(37)34-20-6-12(20)7-21(34)23(36)33-22(13-4-15(35)5-13)16-8-19(28)17(9-18(16)27)25(29,30)31/h1-3,8-9,12-13,15,20-22,35H,4-7,10H2,(H,33,36)/t12-,13-,15-,20-,21-,22-/m1/s1. The fourth-order valence-electron chi connectivity index (χ4n) is 5.43. The highest BCUT2D eigenvalue weighted by molar-refractivity contribution is 5.98. The van der Waals surface area contributed by atoms with E-state index in [0.717, 1.165) is 0 Å². The first kappa shape index (κ1) is 25.5. The van der Waals surface area contributed by atoms with Crippen LogP contribution in [-0.2, 0) is 17.6 Å². The smallest absolute Gasteiger partial charge is 0.393 e. The van der Waals surface area contributed by atoms with Gasteiger partial charge >= 0.3 is 6.18 Å². The third-order valence-corrected chi connectivity index (χ3v) is 7.49. The summed E-state index contributed by atoms with van der Waals surface area (Å²) < 4.78 is 81.3. The molecule has 1 aromatic heterocycles. The van der Waals surface area contributed by atoms with E-state index in [0.29, 0.717) is 18.9 Å². The Morgan fingerprint density at radius 2 is 1.84 bits per heavy atom. The predicted molar refractivity (Wildman–Crippen MR) is 116 cm³/mol. The predicted octanol–water partition coefficient (Wildman–Crippen LogP) is 4.08. The van der Waals surface area contributed by atoms with Gasteiger partial charge in [-0.1, -0.05) is 0 Å². The number of hydrogen-bond acceptors (Lipinski definition) is 4. The molecule has 37 heavy (non-hydrogen) atoms. The number of amides is 2. The van der Waals surface area contributed by atoms with Gasteiger partial charge in [-0.2, -0.15) is 13.2 Å². The van der Waals surface area contributed by atoms with Crippen LogP contribution in [0.2, 0.25) is 0 Å². The van der Waals surface area contributed by atoms with Crippen LogP contribution < -0.4 is 5.32 Å². The number of likely N-dealkylation sites (tertiary alicyclic amines) is 1. The molecule has 4 atom stereocenters. The zero-order valence-corrected chi connectivity index (χ0v) is 19.3. The van der Waals surface area contributed by atoms with E-state index >= 15 is 0 Å². The molecule has 198 valence electrons. The van der Waals surface area contributed by atoms with E-state index in [1.165, 1.54) is 23.2 Å². The summed E-state index contributed by atoms with van der Waals surface area (Å²) in [7, 11) is 0. The largest absolute Gasteiger partial charge is 0.419 e. The van der Waals surface area contributed by atoms with Crippen molar-refractivity contribution in [1.29, 1.82) is 0 Å². The number of nitrogens with one attached hydrogen (secondary N) is 1. The topological polar surface area (TPSA) is 82.5 Å². The molecule has 0 unspecified atom stereocenters. The number of carbonyl (C=O) groups is 2. The number of hydrogen-bond donors (Lipinski definition) is 2. The summed E-state index contributed by atoms with van der Waals surface area (Å²) in [6.45, 7) is -0.874. The van der Waals surface area contributed by atoms with Crippen molar-refractivity contribution < 1.29 is 41.0 Å². The van der Waals surface area contributed by atoms with Crippen molar-refractivity contribution in [2.24, 2.45) is 11.8 Å². The maximum atomic E-state index is 14.8. The second-order valence-corrected chi connectivity index (χ2v) is 9.92. The van der Waals surface area contributed by atoms with Crippen LogP contribution in [0.4, 0.5) is 26.3 Å². The molecule has 2 N–H and O–H groups in total. The molecule has 0 bridgehead atoms. The van der Waals surface area contributed by atoms with Crippen molar-refractivity contribution in [3.63, 3.8) is 0 Å². The van der Waals surface area contributed by atoms with Gasteiger partial charge in [-0.05, 0) is 61.8 Å². The van der Waals surface area contributed by atoms with E-state index < -0.39 is 71.5 Å². The van der Waals surface area contributed by atoms with Gasteiger partial charge in [0.25, 0.3) is 5.91 Å². The van der Waals surface area contributed by atoms with Crippen molar-refractivity contribution >= 4 is 11.8 Å². The van der Waals surface area contributed by atoms with Crippen molar-refractivity contribution in [3.05, 3.63) is 64.5 Å². The van der Waals surface area contributed by atoms with Crippen molar-refractivity contribution in [2.45, 2.75) is 62.8 Å². The molecule has 1 aromatic carbocycles. The summed E-state index contributed by atoms with van der Waals surface area (Å²) in [5, 5.41) is 12.4. The lowest BCUT2D eigenvalue weighted by Gasteiger charge is -2.39. The molecule has 1 aliphatic heterocycles. The molecule has 1 saturated heterocycles. The van der Waals surface area contributed by atoms with Crippen molar-refractivity contribution in [3.8, 4) is 0 Å². The number of alkyl halides is 4. The summed E-state index contributed by atoms with van der Waals surface area (Å²) in [5.74, 6) is -4.64. The average Bonchev–Trinajstić information content (AvgIpc) is 3.50. The minimum Gasteiger partial charge on any atom is -0.393 e. The highest BCUT2D eigenvalue weighted by atomic mass is 19.4.